The quantitative estimate of drug-likeness (QED) is 0.912. The van der Waals surface area contributed by atoms with Crippen LogP contribution in [0.2, 0.25) is 0 Å². The summed E-state index contributed by atoms with van der Waals surface area (Å²) in [6.45, 7) is 2.37. The molecule has 6 heteroatoms. The number of carbonyl (C=O) groups is 2. The van der Waals surface area contributed by atoms with Gasteiger partial charge < -0.3 is 14.6 Å². The normalized spacial score (nSPS) is 13.1. The van der Waals surface area contributed by atoms with Crippen LogP contribution in [0.5, 0.6) is 0 Å². The number of benzene rings is 1. The zero-order chi connectivity index (χ0) is 15.7. The second-order valence-corrected chi connectivity index (χ2v) is 6.07. The van der Waals surface area contributed by atoms with Crippen molar-refractivity contribution in [1.82, 2.24) is 5.32 Å². The average Bonchev–Trinajstić information content (AvgIpc) is 3.11. The lowest BCUT2D eigenvalue weighted by Crippen LogP contribution is -2.28. The van der Waals surface area contributed by atoms with Crippen LogP contribution < -0.4 is 10.2 Å². The van der Waals surface area contributed by atoms with Gasteiger partial charge in [-0.05, 0) is 36.2 Å². The third-order valence-electron chi connectivity index (χ3n) is 3.57. The first kappa shape index (κ1) is 14.8. The summed E-state index contributed by atoms with van der Waals surface area (Å²) in [4.78, 5) is 25.2. The molecule has 2 amide bonds. The van der Waals surface area contributed by atoms with E-state index >= 15 is 0 Å². The molecule has 5 nitrogen and oxygen atoms in total. The van der Waals surface area contributed by atoms with E-state index in [0.717, 1.165) is 22.1 Å². The predicted molar refractivity (Wildman–Crippen MR) is 85.8 cm³/mol. The second-order valence-electron chi connectivity index (χ2n) is 5.16. The summed E-state index contributed by atoms with van der Waals surface area (Å²) >= 11 is 3.43. The number of nitrogens with one attached hydrogen (secondary N) is 1. The van der Waals surface area contributed by atoms with Gasteiger partial charge in [0.25, 0.3) is 5.91 Å². The van der Waals surface area contributed by atoms with Gasteiger partial charge in [-0.15, -0.1) is 0 Å². The number of furan rings is 1. The van der Waals surface area contributed by atoms with E-state index in [1.807, 2.05) is 18.2 Å². The minimum atomic E-state index is -0.161. The Kier molecular flexibility index (Phi) is 4.02. The Morgan fingerprint density at radius 3 is 2.91 bits per heavy atom. The third-order valence-corrected chi connectivity index (χ3v) is 4.07. The van der Waals surface area contributed by atoms with Crippen LogP contribution in [0.1, 0.15) is 28.8 Å². The summed E-state index contributed by atoms with van der Waals surface area (Å²) in [6.07, 6.45) is 0.841. The average molecular weight is 363 g/mol. The maximum atomic E-state index is 12.6. The Hall–Kier alpha value is -2.08. The van der Waals surface area contributed by atoms with Gasteiger partial charge in [0.15, 0.2) is 5.76 Å². The number of rotatable bonds is 3. The summed E-state index contributed by atoms with van der Waals surface area (Å²) in [6, 6.07) is 9.31. The van der Waals surface area contributed by atoms with E-state index in [-0.39, 0.29) is 24.1 Å². The number of hydrogen-bond donors (Lipinski definition) is 1. The maximum absolute atomic E-state index is 12.6. The second kappa shape index (κ2) is 5.96. The van der Waals surface area contributed by atoms with Crippen LogP contribution in [0, 0.1) is 0 Å². The van der Waals surface area contributed by atoms with Gasteiger partial charge in [-0.3, -0.25) is 9.59 Å². The number of carbonyl (C=O) groups excluding carboxylic acids is 2. The van der Waals surface area contributed by atoms with Crippen LogP contribution in [0.25, 0.3) is 0 Å². The van der Waals surface area contributed by atoms with Crippen LogP contribution in [-0.2, 0) is 17.8 Å². The number of amides is 2. The largest absolute Gasteiger partial charge is 0.454 e. The highest BCUT2D eigenvalue weighted by molar-refractivity contribution is 9.10. The van der Waals surface area contributed by atoms with Crippen molar-refractivity contribution in [2.75, 3.05) is 11.4 Å². The monoisotopic (exact) mass is 362 g/mol. The first-order valence-corrected chi connectivity index (χ1v) is 7.77. The number of anilines is 1. The molecule has 1 N–H and O–H groups in total. The molecular weight excluding hydrogens is 348 g/mol. The molecule has 2 heterocycles. The lowest BCUT2D eigenvalue weighted by molar-refractivity contribution is -0.119. The molecule has 1 aliphatic heterocycles. The Morgan fingerprint density at radius 2 is 2.14 bits per heavy atom. The van der Waals surface area contributed by atoms with Gasteiger partial charge in [0, 0.05) is 23.6 Å². The summed E-state index contributed by atoms with van der Waals surface area (Å²) in [5.74, 6) is 0.550. The van der Waals surface area contributed by atoms with Crippen LogP contribution in [0.4, 0.5) is 5.69 Å². The van der Waals surface area contributed by atoms with Gasteiger partial charge in [0.2, 0.25) is 5.91 Å². The minimum absolute atomic E-state index is 0.136. The van der Waals surface area contributed by atoms with Gasteiger partial charge >= 0.3 is 0 Å². The molecule has 0 unspecified atom stereocenters. The van der Waals surface area contributed by atoms with Gasteiger partial charge in [-0.1, -0.05) is 22.0 Å². The molecule has 22 heavy (non-hydrogen) atoms. The van der Waals surface area contributed by atoms with E-state index in [2.05, 4.69) is 21.2 Å². The highest BCUT2D eigenvalue weighted by Gasteiger charge is 2.27. The van der Waals surface area contributed by atoms with Crippen LogP contribution in [0.15, 0.2) is 39.2 Å². The highest BCUT2D eigenvalue weighted by atomic mass is 79.9. The smallest absolute Gasteiger partial charge is 0.293 e. The van der Waals surface area contributed by atoms with E-state index in [4.69, 9.17) is 4.42 Å². The Labute approximate surface area is 136 Å². The molecule has 1 aromatic carbocycles. The van der Waals surface area contributed by atoms with E-state index in [0.29, 0.717) is 12.3 Å². The molecule has 0 fully saturated rings. The number of nitrogens with zero attached hydrogens (tertiary/aromatic N) is 1. The molecule has 1 aliphatic rings. The minimum Gasteiger partial charge on any atom is -0.454 e. The molecular formula is C16H15BrN2O3. The van der Waals surface area contributed by atoms with Crippen LogP contribution >= 0.6 is 15.9 Å². The fraction of sp³-hybridized carbons (Fsp3) is 0.250. The zero-order valence-electron chi connectivity index (χ0n) is 12.1. The van der Waals surface area contributed by atoms with Crippen molar-refractivity contribution in [3.05, 3.63) is 51.9 Å². The van der Waals surface area contributed by atoms with Gasteiger partial charge in [-0.25, -0.2) is 0 Å². The molecule has 0 saturated heterocycles. The van der Waals surface area contributed by atoms with Crippen LogP contribution in [-0.4, -0.2) is 18.4 Å². The Morgan fingerprint density at radius 1 is 1.32 bits per heavy atom. The molecule has 0 bridgehead atoms. The maximum Gasteiger partial charge on any atom is 0.293 e. The van der Waals surface area contributed by atoms with Crippen LogP contribution in [0.3, 0.4) is 0 Å². The lowest BCUT2D eigenvalue weighted by atomic mass is 10.2. The number of hydrogen-bond acceptors (Lipinski definition) is 3. The van der Waals surface area contributed by atoms with Gasteiger partial charge in [-0.2, -0.15) is 0 Å². The lowest BCUT2D eigenvalue weighted by Gasteiger charge is -2.16. The molecule has 0 spiro atoms. The molecule has 114 valence electrons. The Bertz CT molecular complexity index is 739. The standard InChI is InChI=1S/C16H15BrN2O3/c1-10(20)18-9-13-4-5-15(22-13)16(21)19-7-6-11-2-3-12(17)8-14(11)19/h2-5,8H,6-7,9H2,1H3,(H,18,20). The summed E-state index contributed by atoms with van der Waals surface area (Å²) < 4.78 is 6.48. The van der Waals surface area contributed by atoms with E-state index in [9.17, 15) is 9.59 Å². The number of fused-ring (bicyclic) bond motifs is 1. The SMILES string of the molecule is CC(=O)NCc1ccc(C(=O)N2CCc3ccc(Br)cc32)o1. The van der Waals surface area contributed by atoms with Crippen molar-refractivity contribution in [3.8, 4) is 0 Å². The van der Waals surface area contributed by atoms with Crippen molar-refractivity contribution in [3.63, 3.8) is 0 Å². The predicted octanol–water partition coefficient (Wildman–Crippen LogP) is 2.88. The molecule has 0 atom stereocenters. The molecule has 1 aromatic heterocycles. The van der Waals surface area contributed by atoms with E-state index in [1.54, 1.807) is 17.0 Å². The molecule has 2 aromatic rings. The van der Waals surface area contributed by atoms with E-state index < -0.39 is 0 Å². The third kappa shape index (κ3) is 2.92. The first-order chi connectivity index (χ1) is 10.5. The van der Waals surface area contributed by atoms with Gasteiger partial charge in [0.05, 0.1) is 6.54 Å². The molecule has 0 saturated carbocycles. The number of halogens is 1. The summed E-state index contributed by atoms with van der Waals surface area (Å²) in [5.41, 5.74) is 2.07. The first-order valence-electron chi connectivity index (χ1n) is 6.98. The van der Waals surface area contributed by atoms with Crippen molar-refractivity contribution >= 4 is 33.4 Å². The summed E-state index contributed by atoms with van der Waals surface area (Å²) in [7, 11) is 0. The highest BCUT2D eigenvalue weighted by Crippen LogP contribution is 2.32. The van der Waals surface area contributed by atoms with Gasteiger partial charge in [0.1, 0.15) is 5.76 Å². The molecule has 0 radical (unpaired) electrons. The van der Waals surface area contributed by atoms with E-state index in [1.165, 1.54) is 6.92 Å². The summed E-state index contributed by atoms with van der Waals surface area (Å²) in [5, 5.41) is 2.64. The zero-order valence-corrected chi connectivity index (χ0v) is 13.6. The van der Waals surface area contributed by atoms with Crippen molar-refractivity contribution in [2.24, 2.45) is 0 Å². The topological polar surface area (TPSA) is 62.6 Å². The van der Waals surface area contributed by atoms with Crippen molar-refractivity contribution < 1.29 is 14.0 Å². The Balaban J connectivity index is 1.78. The fourth-order valence-corrected chi connectivity index (χ4v) is 2.84. The molecule has 0 aliphatic carbocycles. The molecule has 3 rings (SSSR count). The van der Waals surface area contributed by atoms with Crippen molar-refractivity contribution in [1.29, 1.82) is 0 Å². The van der Waals surface area contributed by atoms with Crippen molar-refractivity contribution in [2.45, 2.75) is 19.9 Å². The fourth-order valence-electron chi connectivity index (χ4n) is 2.50.